The molecule has 0 radical (unpaired) electrons. The molecule has 4 rings (SSSR count). The summed E-state index contributed by atoms with van der Waals surface area (Å²) in [7, 11) is -4.45. The van der Waals surface area contributed by atoms with Crippen molar-refractivity contribution in [3.63, 3.8) is 0 Å². The first-order valence-corrected chi connectivity index (χ1v) is 20.7. The molecule has 4 saturated carbocycles. The molecule has 0 aliphatic heterocycles. The fourth-order valence-electron chi connectivity index (χ4n) is 10.7. The Bertz CT molecular complexity index is 1120. The van der Waals surface area contributed by atoms with Crippen molar-refractivity contribution >= 4 is 16.4 Å². The van der Waals surface area contributed by atoms with E-state index in [2.05, 4.69) is 31.4 Å². The molecule has 0 saturated heterocycles. The maximum absolute atomic E-state index is 11.8. The van der Waals surface area contributed by atoms with E-state index in [1.165, 1.54) is 51.9 Å². The average molecular weight is 718 g/mol. The predicted octanol–water partition coefficient (Wildman–Crippen LogP) is 5.01. The van der Waals surface area contributed by atoms with E-state index in [-0.39, 0.29) is 17.4 Å². The van der Waals surface area contributed by atoms with Gasteiger partial charge in [-0.25, -0.2) is 8.98 Å². The van der Waals surface area contributed by atoms with Crippen molar-refractivity contribution in [2.45, 2.75) is 149 Å². The second-order valence-corrected chi connectivity index (χ2v) is 18.0. The number of fused-ring (bicyclic) bond motifs is 5. The Hall–Kier alpha value is -0.860. The van der Waals surface area contributed by atoms with Crippen LogP contribution in [0.25, 0.3) is 0 Å². The first-order chi connectivity index (χ1) is 22.9. The predicted molar refractivity (Wildman–Crippen MR) is 193 cm³/mol. The standard InChI is InChI=1S/C34H65N3O5S.C3H6O3/c1-23(2)31(42-43(39,40)41)12-9-24(3)27-10-11-28-32-29(14-16-34(27,28)5)33(4)15-13-26(21-25(33)22-30(32)38)37-20-8-19-36-18-7-6-17-35;1-2(4)3(5)6/h23-32,36-38H,6-22,35H2,1-5H3,(H,39,40,41);2,4H,1H3,(H,5,6)/t24-,25-,26+,27-,28+,29+,30-,31-,32+,33+,34-;2-/m10/s1. The van der Waals surface area contributed by atoms with E-state index in [1.54, 1.807) is 0 Å². The Kier molecular flexibility index (Phi) is 16.3. The van der Waals surface area contributed by atoms with Crippen LogP contribution in [0.5, 0.6) is 0 Å². The number of hydrogen-bond donors (Lipinski definition) is 7. The van der Waals surface area contributed by atoms with Crippen molar-refractivity contribution in [2.75, 3.05) is 26.2 Å². The number of hydrogen-bond acceptors (Lipinski definition) is 9. The normalized spacial score (nSPS) is 36.1. The van der Waals surface area contributed by atoms with Gasteiger partial charge in [0, 0.05) is 6.04 Å². The van der Waals surface area contributed by atoms with Crippen molar-refractivity contribution in [3.8, 4) is 0 Å². The molecule has 0 aromatic carbocycles. The number of nitrogens with two attached hydrogens (primary N) is 1. The minimum atomic E-state index is -4.45. The molecule has 0 unspecified atom stereocenters. The first kappa shape index (κ1) is 42.6. The highest BCUT2D eigenvalue weighted by atomic mass is 32.3. The lowest BCUT2D eigenvalue weighted by molar-refractivity contribution is -0.167. The van der Waals surface area contributed by atoms with Crippen LogP contribution in [-0.4, -0.2) is 84.8 Å². The Morgan fingerprint density at radius 2 is 1.55 bits per heavy atom. The van der Waals surface area contributed by atoms with Crippen LogP contribution in [0.2, 0.25) is 0 Å². The third-order valence-electron chi connectivity index (χ3n) is 13.5. The van der Waals surface area contributed by atoms with E-state index < -0.39 is 28.6 Å². The Morgan fingerprint density at radius 1 is 0.918 bits per heavy atom. The van der Waals surface area contributed by atoms with E-state index in [9.17, 15) is 22.9 Å². The van der Waals surface area contributed by atoms with Gasteiger partial charge in [-0.1, -0.05) is 34.6 Å². The third kappa shape index (κ3) is 11.3. The SMILES string of the molecule is CC(C)[C@@H](CC[C@@H](C)[C@H]1CC[C@H]2[C@@H]3[C@H](O)C[C@H]4C[C@@H](NCCCNCCCCN)CC[C@]4(C)[C@H]3CC[C@]12C)OS(=O)(=O)O.C[C@H](O)C(=O)O. The van der Waals surface area contributed by atoms with Gasteiger partial charge in [0.1, 0.15) is 6.10 Å². The zero-order valence-corrected chi connectivity index (χ0v) is 32.1. The van der Waals surface area contributed by atoms with E-state index >= 15 is 0 Å². The molecule has 12 heteroatoms. The van der Waals surface area contributed by atoms with Crippen LogP contribution in [0.3, 0.4) is 0 Å². The Morgan fingerprint density at radius 3 is 2.16 bits per heavy atom. The van der Waals surface area contributed by atoms with Crippen LogP contribution in [0, 0.1) is 52.3 Å². The smallest absolute Gasteiger partial charge is 0.397 e. The quantitative estimate of drug-likeness (QED) is 0.0791. The number of carboxylic acid groups (broad SMARTS) is 1. The molecule has 4 aliphatic carbocycles. The monoisotopic (exact) mass is 717 g/mol. The van der Waals surface area contributed by atoms with E-state index in [0.717, 1.165) is 58.3 Å². The molecular weight excluding hydrogens is 646 g/mol. The highest BCUT2D eigenvalue weighted by Crippen LogP contribution is 2.68. The summed E-state index contributed by atoms with van der Waals surface area (Å²) in [6.45, 7) is 16.5. The zero-order chi connectivity index (χ0) is 36.6. The van der Waals surface area contributed by atoms with Gasteiger partial charge in [-0.3, -0.25) is 4.55 Å². The molecule has 0 aromatic rings. The molecular formula is C37H71N3O8S. The summed E-state index contributed by atoms with van der Waals surface area (Å²) >= 11 is 0. The van der Waals surface area contributed by atoms with Gasteiger partial charge in [-0.05, 0) is 169 Å². The van der Waals surface area contributed by atoms with Gasteiger partial charge >= 0.3 is 16.4 Å². The molecule has 0 spiro atoms. The van der Waals surface area contributed by atoms with Crippen molar-refractivity contribution in [1.29, 1.82) is 0 Å². The first-order valence-electron chi connectivity index (χ1n) is 19.3. The minimum absolute atomic E-state index is 0.0152. The molecule has 288 valence electrons. The Balaban J connectivity index is 0.000000992. The van der Waals surface area contributed by atoms with E-state index in [1.807, 2.05) is 13.8 Å². The summed E-state index contributed by atoms with van der Waals surface area (Å²) in [6, 6.07) is 0.573. The second-order valence-electron chi connectivity index (χ2n) is 16.9. The maximum atomic E-state index is 11.8. The maximum Gasteiger partial charge on any atom is 0.397 e. The molecule has 8 N–H and O–H groups in total. The van der Waals surface area contributed by atoms with Gasteiger partial charge in [0.2, 0.25) is 0 Å². The summed E-state index contributed by atoms with van der Waals surface area (Å²) in [6.07, 6.45) is 12.5. The summed E-state index contributed by atoms with van der Waals surface area (Å²) in [5.74, 6) is 2.03. The van der Waals surface area contributed by atoms with Crippen LogP contribution >= 0.6 is 0 Å². The lowest BCUT2D eigenvalue weighted by Crippen LogP contribution is -2.59. The number of aliphatic hydroxyl groups is 2. The average Bonchev–Trinajstić information content (AvgIpc) is 3.37. The fourth-order valence-corrected chi connectivity index (χ4v) is 11.3. The number of carboxylic acids is 1. The summed E-state index contributed by atoms with van der Waals surface area (Å²) in [4.78, 5) is 9.45. The lowest BCUT2D eigenvalue weighted by atomic mass is 9.43. The van der Waals surface area contributed by atoms with Crippen LogP contribution in [0.1, 0.15) is 125 Å². The van der Waals surface area contributed by atoms with Gasteiger partial charge in [0.05, 0.1) is 12.2 Å². The molecule has 49 heavy (non-hydrogen) atoms. The van der Waals surface area contributed by atoms with Gasteiger partial charge in [0.25, 0.3) is 0 Å². The third-order valence-corrected chi connectivity index (χ3v) is 14.0. The highest BCUT2D eigenvalue weighted by molar-refractivity contribution is 7.80. The topological polar surface area (TPSA) is 191 Å². The van der Waals surface area contributed by atoms with Gasteiger partial charge in [0.15, 0.2) is 0 Å². The van der Waals surface area contributed by atoms with Crippen molar-refractivity contribution in [1.82, 2.24) is 10.6 Å². The molecule has 0 heterocycles. The second kappa shape index (κ2) is 18.8. The number of aliphatic carboxylic acids is 1. The molecule has 0 bridgehead atoms. The molecule has 4 aliphatic rings. The molecule has 0 amide bonds. The largest absolute Gasteiger partial charge is 0.479 e. The molecule has 0 aromatic heterocycles. The van der Waals surface area contributed by atoms with Crippen molar-refractivity contribution < 1.29 is 37.3 Å². The zero-order valence-electron chi connectivity index (χ0n) is 31.3. The van der Waals surface area contributed by atoms with Crippen LogP contribution < -0.4 is 16.4 Å². The highest BCUT2D eigenvalue weighted by Gasteiger charge is 2.62. The fraction of sp³-hybridized carbons (Fsp3) is 0.973. The molecule has 4 fully saturated rings. The van der Waals surface area contributed by atoms with E-state index in [4.69, 9.17) is 20.1 Å². The summed E-state index contributed by atoms with van der Waals surface area (Å²) < 4.78 is 37.1. The van der Waals surface area contributed by atoms with Crippen LogP contribution in [0.4, 0.5) is 0 Å². The number of carbonyl (C=O) groups is 1. The van der Waals surface area contributed by atoms with Gasteiger partial charge < -0.3 is 31.7 Å². The van der Waals surface area contributed by atoms with Gasteiger partial charge in [-0.2, -0.15) is 8.42 Å². The van der Waals surface area contributed by atoms with Crippen molar-refractivity contribution in [3.05, 3.63) is 0 Å². The Labute approximate surface area is 297 Å². The van der Waals surface area contributed by atoms with Crippen LogP contribution in [0.15, 0.2) is 0 Å². The summed E-state index contributed by atoms with van der Waals surface area (Å²) in [5, 5.41) is 34.9. The van der Waals surface area contributed by atoms with Crippen LogP contribution in [-0.2, 0) is 19.4 Å². The number of rotatable bonds is 17. The van der Waals surface area contributed by atoms with Crippen molar-refractivity contribution in [2.24, 2.45) is 58.0 Å². The summed E-state index contributed by atoms with van der Waals surface area (Å²) in [5.41, 5.74) is 6.13. The van der Waals surface area contributed by atoms with E-state index in [0.29, 0.717) is 53.4 Å². The number of nitrogens with one attached hydrogen (secondary N) is 2. The number of aliphatic hydroxyl groups excluding tert-OH is 2. The minimum Gasteiger partial charge on any atom is -0.479 e. The van der Waals surface area contributed by atoms with Gasteiger partial charge in [-0.15, -0.1) is 0 Å². The lowest BCUT2D eigenvalue weighted by Gasteiger charge is -2.62. The molecule has 11 nitrogen and oxygen atoms in total. The number of unbranched alkanes of at least 4 members (excludes halogenated alkanes) is 1. The molecule has 12 atom stereocenters.